The van der Waals surface area contributed by atoms with E-state index in [2.05, 4.69) is 11.2 Å². The van der Waals surface area contributed by atoms with Gasteiger partial charge in [0.1, 0.15) is 0 Å². The van der Waals surface area contributed by atoms with E-state index in [1.165, 1.54) is 0 Å². The van der Waals surface area contributed by atoms with Crippen molar-refractivity contribution in [3.05, 3.63) is 0 Å². The Morgan fingerprint density at radius 1 is 1.83 bits per heavy atom. The summed E-state index contributed by atoms with van der Waals surface area (Å²) in [4.78, 5) is 7.18. The van der Waals surface area contributed by atoms with Crippen LogP contribution in [0.1, 0.15) is 0 Å². The van der Waals surface area contributed by atoms with Crippen LogP contribution >= 0.6 is 18.3 Å². The monoisotopic (exact) mass is 160 g/mol. The molecule has 6 heteroatoms. The van der Waals surface area contributed by atoms with Crippen LogP contribution in [0, 0.1) is 0 Å². The zero-order valence-corrected chi connectivity index (χ0v) is 3.71. The molecule has 0 radical (unpaired) electrons. The standard InChI is InChI=1S/Ca.ClFHO2P.2H/c;1-5(2,3)4;;/h;(H,3,4);;. The average Bonchev–Trinajstić information content (AvgIpc) is 0.722. The Morgan fingerprint density at radius 3 is 1.83 bits per heavy atom. The van der Waals surface area contributed by atoms with E-state index in [-0.39, 0.29) is 37.7 Å². The van der Waals surface area contributed by atoms with Crippen LogP contribution in [0.5, 0.6) is 0 Å². The third-order valence-electron chi connectivity index (χ3n) is 0. The fraction of sp³-hybridized carbons (Fsp3) is 0. The first-order valence-corrected chi connectivity index (χ1v) is 3.18. The van der Waals surface area contributed by atoms with Gasteiger partial charge in [-0.1, -0.05) is 0 Å². The summed E-state index contributed by atoms with van der Waals surface area (Å²) >= 11 is 3.97. The van der Waals surface area contributed by atoms with Gasteiger partial charge in [0.2, 0.25) is 0 Å². The first-order valence-electron chi connectivity index (χ1n) is 0.721. The first-order chi connectivity index (χ1) is 2.00. The van der Waals surface area contributed by atoms with Gasteiger partial charge in [0.25, 0.3) is 0 Å². The predicted octanol–water partition coefficient (Wildman–Crippen LogP) is 0.379. The molecule has 0 saturated heterocycles. The summed E-state index contributed by atoms with van der Waals surface area (Å²) in [5.41, 5.74) is 0. The number of hydrogen-bond donors (Lipinski definition) is 1. The van der Waals surface area contributed by atoms with Crippen molar-refractivity contribution < 1.29 is 13.7 Å². The maximum absolute atomic E-state index is 10.6. The number of rotatable bonds is 0. The molecule has 0 rings (SSSR count). The van der Waals surface area contributed by atoms with E-state index in [1.807, 2.05) is 0 Å². The number of halogens is 2. The van der Waals surface area contributed by atoms with Crippen LogP contribution in [0.15, 0.2) is 0 Å². The molecule has 0 aliphatic carbocycles. The van der Waals surface area contributed by atoms with Gasteiger partial charge in [-0.25, -0.2) is 4.57 Å². The summed E-state index contributed by atoms with van der Waals surface area (Å²) < 4.78 is 19.4. The van der Waals surface area contributed by atoms with Gasteiger partial charge in [-0.2, -0.15) is 0 Å². The first kappa shape index (κ1) is 10.6. The fourth-order valence-electron chi connectivity index (χ4n) is 0. The quantitative estimate of drug-likeness (QED) is 0.411. The van der Waals surface area contributed by atoms with Crippen LogP contribution in [0.25, 0.3) is 0 Å². The second kappa shape index (κ2) is 3.64. The van der Waals surface area contributed by atoms with Gasteiger partial charge in [0.15, 0.2) is 0 Å². The van der Waals surface area contributed by atoms with Gasteiger partial charge in [0, 0.05) is 11.2 Å². The Kier molecular flexibility index (Phi) is 6.45. The Bertz CT molecular complexity index is 59.7. The minimum atomic E-state index is -4.67. The molecular weight excluding hydrogens is 158 g/mol. The summed E-state index contributed by atoms with van der Waals surface area (Å²) in [6.45, 7) is 0. The molecule has 0 heterocycles. The predicted molar refractivity (Wildman–Crippen MR) is 25.3 cm³/mol. The summed E-state index contributed by atoms with van der Waals surface area (Å²) in [5.74, 6) is 0. The molecule has 1 atom stereocenters. The second-order valence-corrected chi connectivity index (χ2v) is 2.56. The van der Waals surface area contributed by atoms with Crippen molar-refractivity contribution in [3.63, 3.8) is 0 Å². The Labute approximate surface area is 69.0 Å². The van der Waals surface area contributed by atoms with Crippen molar-refractivity contribution >= 4 is 56.0 Å². The average molecular weight is 161 g/mol. The molecule has 1 unspecified atom stereocenters. The molecular formula is H3CaClFO2P. The van der Waals surface area contributed by atoms with E-state index in [4.69, 9.17) is 9.46 Å². The molecule has 0 amide bonds. The maximum atomic E-state index is 10.6. The molecule has 1 N–H and O–H groups in total. The van der Waals surface area contributed by atoms with Crippen LogP contribution in [0.3, 0.4) is 0 Å². The minimum absolute atomic E-state index is 0. The summed E-state index contributed by atoms with van der Waals surface area (Å²) in [6.07, 6.45) is 0. The summed E-state index contributed by atoms with van der Waals surface area (Å²) in [5, 5.41) is 0. The van der Waals surface area contributed by atoms with Gasteiger partial charge >= 0.3 is 44.8 Å². The molecule has 0 aliphatic rings. The summed E-state index contributed by atoms with van der Waals surface area (Å²) in [6, 6.07) is 0. The van der Waals surface area contributed by atoms with Crippen LogP contribution in [0.2, 0.25) is 0 Å². The van der Waals surface area contributed by atoms with Gasteiger partial charge in [0.05, 0.1) is 0 Å². The van der Waals surface area contributed by atoms with Crippen molar-refractivity contribution in [2.45, 2.75) is 0 Å². The van der Waals surface area contributed by atoms with E-state index >= 15 is 0 Å². The molecule has 0 aliphatic heterocycles. The molecule has 0 spiro atoms. The van der Waals surface area contributed by atoms with E-state index < -0.39 is 7.03 Å². The zero-order chi connectivity index (χ0) is 4.50. The fourth-order valence-corrected chi connectivity index (χ4v) is 0. The van der Waals surface area contributed by atoms with Crippen molar-refractivity contribution in [2.75, 3.05) is 0 Å². The molecule has 0 bridgehead atoms. The molecule has 0 aromatic rings. The van der Waals surface area contributed by atoms with Crippen LogP contribution in [0.4, 0.5) is 4.20 Å². The van der Waals surface area contributed by atoms with Crippen LogP contribution < -0.4 is 0 Å². The van der Waals surface area contributed by atoms with Gasteiger partial charge in [-0.05, 0) is 0 Å². The van der Waals surface area contributed by atoms with E-state index in [1.54, 1.807) is 0 Å². The molecule has 36 valence electrons. The third-order valence-corrected chi connectivity index (χ3v) is 0. The van der Waals surface area contributed by atoms with E-state index in [9.17, 15) is 4.20 Å². The van der Waals surface area contributed by atoms with Gasteiger partial charge in [-0.15, -0.1) is 4.20 Å². The Hall–Kier alpha value is 1.67. The molecule has 0 fully saturated rings. The topological polar surface area (TPSA) is 37.3 Å². The molecule has 0 aromatic carbocycles. The zero-order valence-electron chi connectivity index (χ0n) is 2.06. The number of hydrogen-bond acceptors (Lipinski definition) is 1. The molecule has 0 saturated carbocycles. The summed E-state index contributed by atoms with van der Waals surface area (Å²) in [7, 11) is -4.67. The van der Waals surface area contributed by atoms with Crippen LogP contribution in [-0.4, -0.2) is 42.6 Å². The molecule has 0 aromatic heterocycles. The van der Waals surface area contributed by atoms with Crippen molar-refractivity contribution in [3.8, 4) is 0 Å². The van der Waals surface area contributed by atoms with Crippen molar-refractivity contribution in [1.82, 2.24) is 0 Å². The third kappa shape index (κ3) is 44.3. The van der Waals surface area contributed by atoms with Crippen molar-refractivity contribution in [1.29, 1.82) is 0 Å². The van der Waals surface area contributed by atoms with Gasteiger partial charge < -0.3 is 4.89 Å². The SMILES string of the molecule is O=P(O)(F)Cl.[CaH2]. The van der Waals surface area contributed by atoms with Crippen LogP contribution in [-0.2, 0) is 4.57 Å². The molecule has 2 nitrogen and oxygen atoms in total. The van der Waals surface area contributed by atoms with Crippen molar-refractivity contribution in [2.24, 2.45) is 0 Å². The van der Waals surface area contributed by atoms with E-state index in [0.29, 0.717) is 0 Å². The van der Waals surface area contributed by atoms with Gasteiger partial charge in [-0.3, -0.25) is 0 Å². The van der Waals surface area contributed by atoms with E-state index in [0.717, 1.165) is 0 Å². The second-order valence-electron chi connectivity index (χ2n) is 0.435. The molecule has 6 heavy (non-hydrogen) atoms. The Morgan fingerprint density at radius 2 is 1.83 bits per heavy atom. The normalized spacial score (nSPS) is 17.8. The Balaban J connectivity index is 0.